The fourth-order valence-corrected chi connectivity index (χ4v) is 18.1. The summed E-state index contributed by atoms with van der Waals surface area (Å²) in [4.78, 5) is 193. The molecule has 778 valence electrons. The standard InChI is InChI=1S/C102H153N17O21S/c1-59(2)52-74(87(124)110-73(94(131)132)47-48-79(120)138-99(17,18)19)111-88(125)75(53-69-55-118(58-107-69)102(66-38-28-25-29-39-66,67-40-30-26-31-41-67)68-42-32-27-33-43-68)112-90(127)77(57-137-98(14,15)16)113-84(121)65(10)108-89(126)76(56-136-97(11,12)13)114-92(129)80(60(3)4)115-86(123)72(45-34-35-49-106-96(133)140-100(20,21)22)109-91(128)78-46-37-51-119(78)93(130)81(61(5)6)116-85(122)71(103)44-36-50-105-95(104)117-141(134,135)83-63(8)62(7)82-70(64(83)9)54-101(23,24)139-82/h25-33,38-43,55,58-61,65,71-78,80-81H,34-37,44-54,56-57,103H2,1-24H3,(H,106,133)(H,108,126)(H,109,128)(H,110,124)(H,111,125)(H,112,127)(H,113,121)(H,114,129)(H,115,123)(H,116,122)(H,131,132)(H3,104,105,117)/t65-,71-,72-,73-,74-,75-,76-,77-,78-,80-,81-/m0/s1. The second kappa shape index (κ2) is 50.5. The molecule has 0 bridgehead atoms. The highest BCUT2D eigenvalue weighted by atomic mass is 32.2. The van der Waals surface area contributed by atoms with Crippen molar-refractivity contribution in [3.05, 3.63) is 148 Å². The number of hydrogen-bond donors (Lipinski definition) is 15. The number of likely N-dealkylation sites (tertiary alicyclic amines) is 1. The predicted octanol–water partition coefficient (Wildman–Crippen LogP) is 7.78. The van der Waals surface area contributed by atoms with Crippen LogP contribution in [0.2, 0.25) is 0 Å². The van der Waals surface area contributed by atoms with Gasteiger partial charge in [0.05, 0.1) is 47.4 Å². The van der Waals surface area contributed by atoms with Crippen LogP contribution in [0.5, 0.6) is 5.75 Å². The second-order valence-corrected chi connectivity index (χ2v) is 43.7. The van der Waals surface area contributed by atoms with Crippen molar-refractivity contribution >= 4 is 93.1 Å². The molecule has 141 heavy (non-hydrogen) atoms. The summed E-state index contributed by atoms with van der Waals surface area (Å²) in [5, 5.41) is 48.7. The molecular formula is C102H153N17O21S. The van der Waals surface area contributed by atoms with Crippen LogP contribution >= 0.6 is 0 Å². The predicted molar refractivity (Wildman–Crippen MR) is 532 cm³/mol. The largest absolute Gasteiger partial charge is 0.487 e. The van der Waals surface area contributed by atoms with Gasteiger partial charge in [0.25, 0.3) is 10.0 Å². The molecule has 0 aliphatic carbocycles. The van der Waals surface area contributed by atoms with Crippen molar-refractivity contribution in [2.75, 3.05) is 32.8 Å². The first-order valence-corrected chi connectivity index (χ1v) is 50.0. The molecule has 0 radical (unpaired) electrons. The second-order valence-electron chi connectivity index (χ2n) is 42.1. The van der Waals surface area contributed by atoms with Crippen LogP contribution in [0.1, 0.15) is 254 Å². The third kappa shape index (κ3) is 34.6. The van der Waals surface area contributed by atoms with E-state index in [-0.39, 0.29) is 100 Å². The number of rotatable bonds is 48. The summed E-state index contributed by atoms with van der Waals surface area (Å²) in [5.74, 6) is -12.2. The molecule has 5 aromatic rings. The van der Waals surface area contributed by atoms with Crippen LogP contribution in [0.3, 0.4) is 0 Å². The number of guanidine groups is 1. The van der Waals surface area contributed by atoms with Crippen molar-refractivity contribution in [1.29, 1.82) is 5.41 Å². The minimum atomic E-state index is -4.24. The molecule has 39 heteroatoms. The van der Waals surface area contributed by atoms with Gasteiger partial charge in [0.2, 0.25) is 65.0 Å². The normalized spacial score (nSPS) is 16.0. The van der Waals surface area contributed by atoms with Gasteiger partial charge in [-0.25, -0.2) is 27.7 Å². The number of esters is 1. The van der Waals surface area contributed by atoms with E-state index in [1.54, 1.807) is 158 Å². The Morgan fingerprint density at radius 2 is 1.04 bits per heavy atom. The van der Waals surface area contributed by atoms with E-state index in [1.807, 2.05) is 109 Å². The summed E-state index contributed by atoms with van der Waals surface area (Å²) in [6, 6.07) is 13.1. The Hall–Kier alpha value is -12.1. The van der Waals surface area contributed by atoms with Crippen molar-refractivity contribution in [1.82, 2.24) is 77.7 Å². The van der Waals surface area contributed by atoms with Gasteiger partial charge in [0.15, 0.2) is 0 Å². The number of fused-ring (bicyclic) bond motifs is 1. The number of carboxylic acid groups (broad SMARTS) is 1. The topological polar surface area (TPSA) is 538 Å². The Labute approximate surface area is 829 Å². The molecule has 11 amide bonds. The number of carboxylic acids is 1. The summed E-state index contributed by atoms with van der Waals surface area (Å²) in [5.41, 5.74) is 6.42. The van der Waals surface area contributed by atoms with E-state index in [1.165, 1.54) is 11.8 Å². The molecule has 4 aromatic carbocycles. The van der Waals surface area contributed by atoms with Crippen LogP contribution < -0.4 is 73.7 Å². The fourth-order valence-electron chi connectivity index (χ4n) is 16.6. The Balaban J connectivity index is 1.10. The number of imidazole rings is 1. The molecule has 7 rings (SSSR count). The van der Waals surface area contributed by atoms with Gasteiger partial charge in [-0.05, 0) is 234 Å². The summed E-state index contributed by atoms with van der Waals surface area (Å²) in [6.07, 6.45) is 3.12. The van der Waals surface area contributed by atoms with E-state index in [0.717, 1.165) is 22.3 Å². The third-order valence-corrected chi connectivity index (χ3v) is 25.3. The first-order chi connectivity index (χ1) is 65.6. The van der Waals surface area contributed by atoms with Crippen molar-refractivity contribution in [3.8, 4) is 5.75 Å². The van der Waals surface area contributed by atoms with E-state index < -0.39 is 218 Å². The number of sulfonamides is 1. The Morgan fingerprint density at radius 3 is 1.56 bits per heavy atom. The lowest BCUT2D eigenvalue weighted by Gasteiger charge is -2.37. The van der Waals surface area contributed by atoms with Gasteiger partial charge >= 0.3 is 18.0 Å². The Kier molecular flexibility index (Phi) is 41.5. The van der Waals surface area contributed by atoms with Crippen LogP contribution in [-0.2, 0) is 105 Å². The summed E-state index contributed by atoms with van der Waals surface area (Å²) in [7, 11) is -4.24. The smallest absolute Gasteiger partial charge is 0.407 e. The zero-order valence-corrected chi connectivity index (χ0v) is 87.2. The van der Waals surface area contributed by atoms with Crippen LogP contribution in [0.15, 0.2) is 108 Å². The first-order valence-electron chi connectivity index (χ1n) is 48.5. The summed E-state index contributed by atoms with van der Waals surface area (Å²) >= 11 is 0. The van der Waals surface area contributed by atoms with E-state index in [0.29, 0.717) is 35.3 Å². The monoisotopic (exact) mass is 1980 g/mol. The molecule has 3 heterocycles. The molecule has 1 fully saturated rings. The maximum atomic E-state index is 15.4. The highest BCUT2D eigenvalue weighted by molar-refractivity contribution is 7.90. The fraction of sp³-hybridized carbons (Fsp3) is 0.598. The lowest BCUT2D eigenvalue weighted by Crippen LogP contribution is -2.62. The number of nitrogens with zero attached hydrogens (tertiary/aromatic N) is 3. The van der Waals surface area contributed by atoms with Crippen molar-refractivity contribution in [3.63, 3.8) is 0 Å². The van der Waals surface area contributed by atoms with Gasteiger partial charge in [-0.2, -0.15) is 0 Å². The molecule has 0 saturated carbocycles. The molecular weight excluding hydrogens is 1830 g/mol. The van der Waals surface area contributed by atoms with Gasteiger partial charge in [-0.1, -0.05) is 133 Å². The van der Waals surface area contributed by atoms with Gasteiger partial charge in [-0.3, -0.25) is 58.1 Å². The molecule has 38 nitrogen and oxygen atoms in total. The van der Waals surface area contributed by atoms with Crippen molar-refractivity contribution in [2.24, 2.45) is 23.5 Å². The highest BCUT2D eigenvalue weighted by Crippen LogP contribution is 2.45. The maximum absolute atomic E-state index is 15.4. The van der Waals surface area contributed by atoms with Crippen LogP contribution in [-0.4, -0.2) is 238 Å². The zero-order chi connectivity index (χ0) is 105. The number of aromatic nitrogens is 2. The number of aliphatic carboxylic acids is 1. The van der Waals surface area contributed by atoms with E-state index >= 15 is 14.4 Å². The zero-order valence-electron chi connectivity index (χ0n) is 86.4. The van der Waals surface area contributed by atoms with Gasteiger partial charge in [0.1, 0.15) is 88.5 Å². The Bertz CT molecular complexity index is 5200. The average molecular weight is 1990 g/mol. The van der Waals surface area contributed by atoms with E-state index in [2.05, 4.69) is 63.2 Å². The lowest BCUT2D eigenvalue weighted by molar-refractivity contribution is -0.155. The quantitative estimate of drug-likeness (QED) is 0.00581. The molecule has 1 saturated heterocycles. The molecule has 2 aliphatic heterocycles. The number of carbonyl (C=O) groups excluding carboxylic acids is 12. The van der Waals surface area contributed by atoms with Gasteiger partial charge in [0, 0.05) is 50.7 Å². The number of benzene rings is 4. The van der Waals surface area contributed by atoms with Crippen LogP contribution in [0, 0.1) is 43.9 Å². The highest BCUT2D eigenvalue weighted by Gasteiger charge is 2.45. The number of alkyl carbamates (subject to hydrolysis) is 1. The first kappa shape index (κ1) is 116. The van der Waals surface area contributed by atoms with Crippen LogP contribution in [0.25, 0.3) is 0 Å². The molecule has 2 aliphatic rings. The molecule has 11 atom stereocenters. The minimum Gasteiger partial charge on any atom is -0.487 e. The molecule has 16 N–H and O–H groups in total. The van der Waals surface area contributed by atoms with Crippen molar-refractivity contribution < 1.29 is 99.5 Å². The van der Waals surface area contributed by atoms with E-state index in [4.69, 9.17) is 39.8 Å². The number of hydrogen-bond acceptors (Lipinski definition) is 23. The SMILES string of the molecule is Cc1c(C)c(S(=O)(=O)NC(=N)NCCC[C@H](N)C(=O)N[C@H](C(=O)N2CCC[C@H]2C(=O)N[C@@H](CCCCNC(=O)OC(C)(C)C)C(=O)N[C@H](C(=O)N[C@@H](COC(C)(C)C)C(=O)N[C@@H](C)C(=O)N[C@@H](COC(C)(C)C)C(=O)N[C@@H](Cc2cn(C(c3ccccc3)(c3ccccc3)c3ccccc3)cn2)C(=O)N[C@@H](CC(C)C)C(=O)N[C@@H](CCC(=O)OC(C)(C)C)C(=O)O)C(C)C)C(C)C)c(C)c2c1OC(C)(C)C2. The average Bonchev–Trinajstić information content (AvgIpc) is 1.74. The number of nitrogens with one attached hydrogen (secondary N) is 13. The van der Waals surface area contributed by atoms with Gasteiger partial charge < -0.3 is 102 Å². The maximum Gasteiger partial charge on any atom is 0.407 e. The number of ether oxygens (including phenoxy) is 5. The molecule has 0 spiro atoms. The van der Waals surface area contributed by atoms with Gasteiger partial charge in [-0.15, -0.1) is 0 Å². The minimum absolute atomic E-state index is 0.0372. The van der Waals surface area contributed by atoms with E-state index in [9.17, 15) is 61.5 Å². The molecule has 1 aromatic heterocycles. The third-order valence-electron chi connectivity index (χ3n) is 23.7. The number of nitrogens with two attached hydrogens (primary N) is 1. The number of carbonyl (C=O) groups is 13. The molecule has 0 unspecified atom stereocenters. The summed E-state index contributed by atoms with van der Waals surface area (Å²) < 4.78 is 61.2. The number of amides is 11. The lowest BCUT2D eigenvalue weighted by atomic mass is 9.77. The van der Waals surface area contributed by atoms with Crippen LogP contribution in [0.4, 0.5) is 4.79 Å². The Morgan fingerprint density at radius 1 is 0.546 bits per heavy atom. The number of unbranched alkanes of at least 4 members (excludes halogenated alkanes) is 1. The van der Waals surface area contributed by atoms with Crippen molar-refractivity contribution in [2.45, 2.75) is 348 Å². The summed E-state index contributed by atoms with van der Waals surface area (Å²) in [6.45, 7) is 40.0.